The Bertz CT molecular complexity index is 247. The minimum absolute atomic E-state index is 0.0813. The van der Waals surface area contributed by atoms with Gasteiger partial charge in [-0.05, 0) is 18.2 Å². The van der Waals surface area contributed by atoms with Gasteiger partial charge in [0.1, 0.15) is 0 Å². The maximum absolute atomic E-state index is 5.95. The number of rotatable bonds is 5. The van der Waals surface area contributed by atoms with Gasteiger partial charge in [-0.15, -0.1) is 0 Å². The number of thioether (sulfide) groups is 1. The van der Waals surface area contributed by atoms with Crippen LogP contribution in [0.3, 0.4) is 0 Å². The van der Waals surface area contributed by atoms with Crippen LogP contribution in [0.25, 0.3) is 0 Å². The van der Waals surface area contributed by atoms with E-state index in [-0.39, 0.29) is 6.04 Å². The van der Waals surface area contributed by atoms with E-state index in [0.29, 0.717) is 0 Å². The van der Waals surface area contributed by atoms with Gasteiger partial charge in [0.15, 0.2) is 0 Å². The zero-order chi connectivity index (χ0) is 9.68. The first-order valence-electron chi connectivity index (χ1n) is 4.57. The summed E-state index contributed by atoms with van der Waals surface area (Å²) in [6, 6.07) is 2.06. The first-order valence-corrected chi connectivity index (χ1v) is 5.72. The van der Waals surface area contributed by atoms with Gasteiger partial charge >= 0.3 is 0 Å². The Labute approximate surface area is 83.7 Å². The highest BCUT2D eigenvalue weighted by Crippen LogP contribution is 2.14. The molecule has 74 valence electrons. The number of hydrogen-bond acceptors (Lipinski definition) is 3. The largest absolute Gasteiger partial charge is 0.322 e. The lowest BCUT2D eigenvalue weighted by atomic mass is 10.3. The molecule has 1 unspecified atom stereocenters. The summed E-state index contributed by atoms with van der Waals surface area (Å²) in [6.45, 7) is 2.18. The zero-order valence-corrected chi connectivity index (χ0v) is 9.05. The molecule has 0 aliphatic rings. The molecule has 0 amide bonds. The van der Waals surface area contributed by atoms with Gasteiger partial charge in [0, 0.05) is 19.0 Å². The number of aromatic nitrogens is 2. The Morgan fingerprint density at radius 1 is 1.69 bits per heavy atom. The Hall–Kier alpha value is -0.480. The molecule has 1 rings (SSSR count). The highest BCUT2D eigenvalue weighted by Gasteiger charge is 2.07. The van der Waals surface area contributed by atoms with Crippen LogP contribution < -0.4 is 5.73 Å². The molecule has 0 spiro atoms. The van der Waals surface area contributed by atoms with E-state index in [9.17, 15) is 0 Å². The Balaban J connectivity index is 2.35. The van der Waals surface area contributed by atoms with Crippen LogP contribution in [0.2, 0.25) is 0 Å². The molecular formula is C9H17N3S. The van der Waals surface area contributed by atoms with Crippen molar-refractivity contribution in [2.24, 2.45) is 12.8 Å². The Kier molecular flexibility index (Phi) is 4.32. The highest BCUT2D eigenvalue weighted by atomic mass is 32.2. The van der Waals surface area contributed by atoms with Gasteiger partial charge in [-0.3, -0.25) is 4.68 Å². The van der Waals surface area contributed by atoms with Gasteiger partial charge in [-0.2, -0.15) is 16.9 Å². The molecule has 0 saturated carbocycles. The number of nitrogens with two attached hydrogens (primary N) is 1. The maximum Gasteiger partial charge on any atom is 0.0800 e. The maximum atomic E-state index is 5.95. The molecule has 1 heterocycles. The van der Waals surface area contributed by atoms with Gasteiger partial charge in [0.25, 0.3) is 0 Å². The average Bonchev–Trinajstić information content (AvgIpc) is 2.52. The minimum atomic E-state index is 0.0813. The molecule has 3 nitrogen and oxygen atoms in total. The van der Waals surface area contributed by atoms with Crippen molar-refractivity contribution in [1.82, 2.24) is 9.78 Å². The lowest BCUT2D eigenvalue weighted by molar-refractivity contribution is 0.703. The summed E-state index contributed by atoms with van der Waals surface area (Å²) in [4.78, 5) is 0. The normalized spacial score (nSPS) is 13.2. The van der Waals surface area contributed by atoms with E-state index in [1.54, 1.807) is 4.68 Å². The molecule has 0 radical (unpaired) electrons. The van der Waals surface area contributed by atoms with E-state index in [4.69, 9.17) is 5.73 Å². The molecular weight excluding hydrogens is 182 g/mol. The van der Waals surface area contributed by atoms with Gasteiger partial charge in [-0.1, -0.05) is 6.92 Å². The molecule has 1 aromatic rings. The van der Waals surface area contributed by atoms with E-state index in [1.165, 1.54) is 12.2 Å². The molecule has 0 bridgehead atoms. The summed E-state index contributed by atoms with van der Waals surface area (Å²) >= 11 is 1.89. The van der Waals surface area contributed by atoms with Crippen LogP contribution in [0, 0.1) is 0 Å². The molecule has 4 heteroatoms. The van der Waals surface area contributed by atoms with Crippen LogP contribution in [0.1, 0.15) is 25.1 Å². The van der Waals surface area contributed by atoms with E-state index in [0.717, 1.165) is 11.4 Å². The molecule has 13 heavy (non-hydrogen) atoms. The van der Waals surface area contributed by atoms with Gasteiger partial charge < -0.3 is 5.73 Å². The monoisotopic (exact) mass is 199 g/mol. The molecule has 2 N–H and O–H groups in total. The number of aryl methyl sites for hydroxylation is 1. The lowest BCUT2D eigenvalue weighted by Gasteiger charge is -2.07. The van der Waals surface area contributed by atoms with Crippen molar-refractivity contribution < 1.29 is 0 Å². The number of hydrogen-bond donors (Lipinski definition) is 1. The molecule has 0 saturated heterocycles. The average molecular weight is 199 g/mol. The van der Waals surface area contributed by atoms with Crippen molar-refractivity contribution in [1.29, 1.82) is 0 Å². The SMILES string of the molecule is CCCSCC(N)c1ccn(C)n1. The zero-order valence-electron chi connectivity index (χ0n) is 8.23. The van der Waals surface area contributed by atoms with E-state index in [1.807, 2.05) is 31.1 Å². The molecule has 0 fully saturated rings. The summed E-state index contributed by atoms with van der Waals surface area (Å²) in [5.74, 6) is 2.14. The van der Waals surface area contributed by atoms with Crippen molar-refractivity contribution in [2.45, 2.75) is 19.4 Å². The fourth-order valence-corrected chi connectivity index (χ4v) is 1.95. The van der Waals surface area contributed by atoms with Crippen molar-refractivity contribution >= 4 is 11.8 Å². The van der Waals surface area contributed by atoms with Gasteiger partial charge in [0.05, 0.1) is 11.7 Å². The molecule has 1 aromatic heterocycles. The molecule has 1 atom stereocenters. The van der Waals surface area contributed by atoms with Crippen molar-refractivity contribution in [2.75, 3.05) is 11.5 Å². The molecule has 0 aliphatic heterocycles. The fourth-order valence-electron chi connectivity index (χ4n) is 1.07. The third kappa shape index (κ3) is 3.40. The second-order valence-electron chi connectivity index (χ2n) is 3.10. The second kappa shape index (κ2) is 5.29. The molecule has 0 aromatic carbocycles. The van der Waals surface area contributed by atoms with Crippen molar-refractivity contribution in [3.8, 4) is 0 Å². The number of nitrogens with zero attached hydrogens (tertiary/aromatic N) is 2. The highest BCUT2D eigenvalue weighted by molar-refractivity contribution is 7.99. The summed E-state index contributed by atoms with van der Waals surface area (Å²) in [5.41, 5.74) is 6.94. The fraction of sp³-hybridized carbons (Fsp3) is 0.667. The minimum Gasteiger partial charge on any atom is -0.322 e. The van der Waals surface area contributed by atoms with E-state index >= 15 is 0 Å². The summed E-state index contributed by atoms with van der Waals surface area (Å²) in [6.07, 6.45) is 3.14. The smallest absolute Gasteiger partial charge is 0.0800 e. The van der Waals surface area contributed by atoms with Gasteiger partial charge in [-0.25, -0.2) is 0 Å². The summed E-state index contributed by atoms with van der Waals surface area (Å²) in [5, 5.41) is 4.27. The second-order valence-corrected chi connectivity index (χ2v) is 4.25. The van der Waals surface area contributed by atoms with Crippen LogP contribution in [0.15, 0.2) is 12.3 Å². The first kappa shape index (κ1) is 10.6. The molecule has 0 aliphatic carbocycles. The predicted octanol–water partition coefficient (Wildman–Crippen LogP) is 1.56. The third-order valence-electron chi connectivity index (χ3n) is 1.76. The van der Waals surface area contributed by atoms with Crippen LogP contribution in [0.4, 0.5) is 0 Å². The lowest BCUT2D eigenvalue weighted by Crippen LogP contribution is -2.14. The van der Waals surface area contributed by atoms with Crippen LogP contribution in [-0.2, 0) is 7.05 Å². The predicted molar refractivity (Wildman–Crippen MR) is 57.8 cm³/mol. The summed E-state index contributed by atoms with van der Waals surface area (Å²) < 4.78 is 1.79. The Morgan fingerprint density at radius 3 is 3.00 bits per heavy atom. The van der Waals surface area contributed by atoms with Crippen LogP contribution in [-0.4, -0.2) is 21.3 Å². The van der Waals surface area contributed by atoms with Crippen molar-refractivity contribution in [3.05, 3.63) is 18.0 Å². The third-order valence-corrected chi connectivity index (χ3v) is 3.05. The first-order chi connectivity index (χ1) is 6.24. The van der Waals surface area contributed by atoms with Crippen molar-refractivity contribution in [3.63, 3.8) is 0 Å². The van der Waals surface area contributed by atoms with Crippen LogP contribution in [0.5, 0.6) is 0 Å². The standard InChI is InChI=1S/C9H17N3S/c1-3-6-13-7-8(10)9-4-5-12(2)11-9/h4-5,8H,3,6-7,10H2,1-2H3. The topological polar surface area (TPSA) is 43.8 Å². The van der Waals surface area contributed by atoms with Crippen LogP contribution >= 0.6 is 11.8 Å². The van der Waals surface area contributed by atoms with E-state index < -0.39 is 0 Å². The van der Waals surface area contributed by atoms with E-state index in [2.05, 4.69) is 12.0 Å². The van der Waals surface area contributed by atoms with Gasteiger partial charge in [0.2, 0.25) is 0 Å². The summed E-state index contributed by atoms with van der Waals surface area (Å²) in [7, 11) is 1.91. The quantitative estimate of drug-likeness (QED) is 0.732. The Morgan fingerprint density at radius 2 is 2.46 bits per heavy atom.